The van der Waals surface area contributed by atoms with Crippen LogP contribution < -0.4 is 4.74 Å². The Morgan fingerprint density at radius 2 is 1.09 bits per heavy atom. The molecule has 2 fully saturated rings. The Morgan fingerprint density at radius 3 is 1.55 bits per heavy atom. The molecule has 3 aliphatic rings. The first-order valence-electron chi connectivity index (χ1n) is 19.6. The van der Waals surface area contributed by atoms with E-state index >= 15 is 9.59 Å². The van der Waals surface area contributed by atoms with Gasteiger partial charge in [-0.05, 0) is 60.6 Å². The largest absolute Gasteiger partial charge is 0.457 e. The minimum Gasteiger partial charge on any atom is -0.457 e. The van der Waals surface area contributed by atoms with Crippen molar-refractivity contribution < 1.29 is 33.4 Å². The molecule has 2 saturated heterocycles. The molecular weight excluding hydrogens is 957 g/mol. The van der Waals surface area contributed by atoms with Crippen LogP contribution in [-0.2, 0) is 47.5 Å². The molecule has 0 aliphatic carbocycles. The van der Waals surface area contributed by atoms with Crippen LogP contribution in [0.4, 0.5) is 10.0 Å². The summed E-state index contributed by atoms with van der Waals surface area (Å²) in [6.07, 6.45) is 0. The number of thioether (sulfide) groups is 2. The zero-order chi connectivity index (χ0) is 46.3. The number of thiophene rings is 4. The van der Waals surface area contributed by atoms with Gasteiger partial charge in [-0.25, -0.2) is 19.6 Å². The fourth-order valence-corrected chi connectivity index (χ4v) is 14.4. The number of rotatable bonds is 10. The lowest BCUT2D eigenvalue weighted by Gasteiger charge is -2.33. The van der Waals surface area contributed by atoms with Crippen LogP contribution in [0.5, 0.6) is 5.75 Å². The lowest BCUT2D eigenvalue weighted by Crippen LogP contribution is -2.52. The predicted molar refractivity (Wildman–Crippen MR) is 254 cm³/mol. The number of nitrogens with zero attached hydrogens (tertiary/aromatic N) is 8. The van der Waals surface area contributed by atoms with Gasteiger partial charge in [0, 0.05) is 17.8 Å². The third-order valence-corrected chi connectivity index (χ3v) is 17.0. The summed E-state index contributed by atoms with van der Waals surface area (Å²) in [6, 6.07) is 28.8. The van der Waals surface area contributed by atoms with Gasteiger partial charge < -0.3 is 14.2 Å². The maximum atomic E-state index is 15.1. The van der Waals surface area contributed by atoms with E-state index in [4.69, 9.17) is 14.2 Å². The van der Waals surface area contributed by atoms with Crippen LogP contribution in [0.25, 0.3) is 28.6 Å². The van der Waals surface area contributed by atoms with Crippen molar-refractivity contribution in [1.29, 1.82) is 21.0 Å². The molecule has 66 heavy (non-hydrogen) atoms. The Morgan fingerprint density at radius 1 is 0.652 bits per heavy atom. The number of aliphatic imine (C=N–C) groups is 2. The number of hydrogen-bond acceptors (Lipinski definition) is 19. The molecule has 0 atom stereocenters. The maximum absolute atomic E-state index is 15.1. The Labute approximate surface area is 399 Å². The second kappa shape index (κ2) is 18.1. The summed E-state index contributed by atoms with van der Waals surface area (Å²) in [6.45, 7) is 3.45. The molecule has 0 bridgehead atoms. The molecule has 2 aromatic carbocycles. The zero-order valence-electron chi connectivity index (χ0n) is 34.1. The highest BCUT2D eigenvalue weighted by Crippen LogP contribution is 2.62. The average molecular weight is 983 g/mol. The van der Waals surface area contributed by atoms with E-state index in [1.165, 1.54) is 32.5 Å². The smallest absolute Gasteiger partial charge is 0.367 e. The molecule has 324 valence electrons. The van der Waals surface area contributed by atoms with E-state index in [9.17, 15) is 30.6 Å². The van der Waals surface area contributed by atoms with Gasteiger partial charge in [0.25, 0.3) is 11.8 Å². The molecule has 15 nitrogen and oxygen atoms in total. The third-order valence-electron chi connectivity index (χ3n) is 10.1. The Bertz CT molecular complexity index is 3280. The van der Waals surface area contributed by atoms with Crippen molar-refractivity contribution in [2.24, 2.45) is 9.98 Å². The molecule has 4 aromatic heterocycles. The van der Waals surface area contributed by atoms with Gasteiger partial charge in [0.15, 0.2) is 27.0 Å². The molecule has 3 aliphatic heterocycles. The van der Waals surface area contributed by atoms with Crippen LogP contribution in [-0.4, -0.2) is 56.7 Å². The van der Waals surface area contributed by atoms with Gasteiger partial charge in [0.1, 0.15) is 57.6 Å². The van der Waals surface area contributed by atoms with E-state index in [2.05, 4.69) is 9.98 Å². The highest BCUT2D eigenvalue weighted by atomic mass is 32.2. The van der Waals surface area contributed by atoms with E-state index in [-0.39, 0.29) is 68.9 Å². The number of nitriles is 4. The maximum Gasteiger partial charge on any atom is 0.367 e. The number of hydrogen-bond donors (Lipinski definition) is 0. The number of allylic oxidation sites excluding steroid dienone is 2. The predicted octanol–water partition coefficient (Wildman–Crippen LogP) is 9.75. The van der Waals surface area contributed by atoms with E-state index in [1.54, 1.807) is 74.5 Å². The average Bonchev–Trinajstić information content (AvgIpc) is 4.18. The Balaban J connectivity index is 1.20. The van der Waals surface area contributed by atoms with Crippen molar-refractivity contribution in [3.63, 3.8) is 0 Å². The van der Waals surface area contributed by atoms with Gasteiger partial charge in [0.05, 0.1) is 29.4 Å². The van der Waals surface area contributed by atoms with E-state index in [0.717, 1.165) is 46.2 Å². The number of ether oxygens (including phenoxy) is 3. The SMILES string of the molecule is CCN1C(=O)/C(=N/c2cc3sc4c(c3s2)C(C(=O)OCc2ccccc2)(C(=O)OCc2ccccc2)Oc2c-4sc3cc(/N=C4/SC(=C(C#N)C#N)N(CC)C4=O)sc23)SC1=C(C#N)C#N. The van der Waals surface area contributed by atoms with Crippen LogP contribution in [0.1, 0.15) is 30.5 Å². The molecule has 2 amide bonds. The van der Waals surface area contributed by atoms with Gasteiger partial charge in [-0.1, -0.05) is 60.7 Å². The zero-order valence-corrected chi connectivity index (χ0v) is 39.0. The van der Waals surface area contributed by atoms with E-state index in [0.29, 0.717) is 49.7 Å². The van der Waals surface area contributed by atoms with Crippen LogP contribution in [0, 0.1) is 45.3 Å². The molecule has 7 heterocycles. The fourth-order valence-electron chi connectivity index (χ4n) is 7.11. The van der Waals surface area contributed by atoms with Gasteiger partial charge in [-0.3, -0.25) is 19.4 Å². The molecule has 6 aromatic rings. The first kappa shape index (κ1) is 44.1. The van der Waals surface area contributed by atoms with E-state index < -0.39 is 29.4 Å². The molecule has 9 rings (SSSR count). The number of amides is 2. The minimum absolute atomic E-state index is 0.0350. The summed E-state index contributed by atoms with van der Waals surface area (Å²) in [4.78, 5) is 70.1. The minimum atomic E-state index is -2.53. The van der Waals surface area contributed by atoms with Crippen molar-refractivity contribution in [3.05, 3.63) is 111 Å². The topological polar surface area (TPSA) is 222 Å². The first-order valence-corrected chi connectivity index (χ1v) is 24.5. The van der Waals surface area contributed by atoms with Gasteiger partial charge >= 0.3 is 17.5 Å². The van der Waals surface area contributed by atoms with Crippen LogP contribution >= 0.6 is 68.9 Å². The molecule has 0 unspecified atom stereocenters. The van der Waals surface area contributed by atoms with Crippen LogP contribution in [0.3, 0.4) is 0 Å². The summed E-state index contributed by atoms with van der Waals surface area (Å²) in [5, 5.41) is 39.5. The standard InChI is InChI=1S/C45H26N8O7S6/c1-3-52-39(54)37(65-41(52)25(17-46)18-47)50-29-15-27-33(63-29)31-35(61-27)36-32(34-28(62-36)16-30(64-34)51-38-40(55)53(4-2)42(66-38)26(19-48)20-49)60-45(31,43(56)58-21-23-11-7-5-8-12-23)44(57)59-22-24-13-9-6-10-14-24/h5-16H,3-4,21-22H2,1-2H3/b50-37-,51-38+. The molecule has 0 radical (unpaired) electrons. The molecule has 0 saturated carbocycles. The number of carbonyl (C=O) groups is 4. The number of fused-ring (bicyclic) bond motifs is 7. The highest BCUT2D eigenvalue weighted by Gasteiger charge is 2.60. The molecule has 0 N–H and O–H groups in total. The lowest BCUT2D eigenvalue weighted by atomic mass is 9.90. The van der Waals surface area contributed by atoms with E-state index in [1.807, 2.05) is 36.4 Å². The van der Waals surface area contributed by atoms with Gasteiger partial charge in [-0.15, -0.1) is 45.3 Å². The summed E-state index contributed by atoms with van der Waals surface area (Å²) in [5.74, 6) is -2.82. The molecule has 0 spiro atoms. The van der Waals surface area contributed by atoms with Crippen LogP contribution in [0.2, 0.25) is 0 Å². The quantitative estimate of drug-likeness (QED) is 0.0709. The van der Waals surface area contributed by atoms with Crippen molar-refractivity contribution in [1.82, 2.24) is 9.80 Å². The molecule has 21 heteroatoms. The second-order valence-corrected chi connectivity index (χ2v) is 20.1. The third kappa shape index (κ3) is 7.51. The monoisotopic (exact) mass is 982 g/mol. The summed E-state index contributed by atoms with van der Waals surface area (Å²) in [5.41, 5.74) is -1.47. The number of carbonyl (C=O) groups excluding carboxylic acids is 4. The normalized spacial score (nSPS) is 16.2. The Hall–Kier alpha value is -7.08. The Kier molecular flexibility index (Phi) is 12.1. The molecular formula is C45H26N8O7S6. The lowest BCUT2D eigenvalue weighted by molar-refractivity contribution is -0.183. The first-order chi connectivity index (χ1) is 32.1. The highest BCUT2D eigenvalue weighted by molar-refractivity contribution is 8.20. The van der Waals surface area contributed by atoms with Crippen molar-refractivity contribution in [2.45, 2.75) is 32.7 Å². The second-order valence-electron chi connectivity index (χ2n) is 14.0. The van der Waals surface area contributed by atoms with Gasteiger partial charge in [-0.2, -0.15) is 21.0 Å². The van der Waals surface area contributed by atoms with Crippen molar-refractivity contribution in [2.75, 3.05) is 13.1 Å². The van der Waals surface area contributed by atoms with Crippen molar-refractivity contribution >= 4 is 132 Å². The summed E-state index contributed by atoms with van der Waals surface area (Å²) >= 11 is 6.75. The van der Waals surface area contributed by atoms with Crippen LogP contribution in [0.15, 0.2) is 104 Å². The van der Waals surface area contributed by atoms with Crippen molar-refractivity contribution in [3.8, 4) is 39.8 Å². The fraction of sp³-hybridized carbons (Fsp3) is 0.156. The number of esters is 2. The van der Waals surface area contributed by atoms with Gasteiger partial charge in [0.2, 0.25) is 0 Å². The number of benzene rings is 2. The summed E-state index contributed by atoms with van der Waals surface area (Å²) in [7, 11) is 0. The summed E-state index contributed by atoms with van der Waals surface area (Å²) < 4.78 is 21.1.